The fraction of sp³-hybridized carbons (Fsp3) is 0.538. The van der Waals surface area contributed by atoms with Gasteiger partial charge < -0.3 is 15.4 Å². The Balaban J connectivity index is 2.56. The lowest BCUT2D eigenvalue weighted by Crippen LogP contribution is -2.16. The van der Waals surface area contributed by atoms with Gasteiger partial charge in [-0.3, -0.25) is 0 Å². The molecule has 0 bridgehead atoms. The van der Waals surface area contributed by atoms with E-state index in [2.05, 4.69) is 4.90 Å². The molecule has 0 fully saturated rings. The first kappa shape index (κ1) is 13.9. The number of ether oxygens (including phenoxy) is 1. The van der Waals surface area contributed by atoms with Crippen molar-refractivity contribution in [3.63, 3.8) is 0 Å². The van der Waals surface area contributed by atoms with E-state index in [1.165, 1.54) is 6.07 Å². The van der Waals surface area contributed by atoms with Crippen molar-refractivity contribution in [3.05, 3.63) is 29.6 Å². The van der Waals surface area contributed by atoms with Crippen LogP contribution in [0.3, 0.4) is 0 Å². The van der Waals surface area contributed by atoms with Gasteiger partial charge in [0.05, 0.1) is 6.61 Å². The van der Waals surface area contributed by atoms with Gasteiger partial charge in [0.1, 0.15) is 0 Å². The van der Waals surface area contributed by atoms with E-state index in [0.29, 0.717) is 25.3 Å². The largest absolute Gasteiger partial charge is 0.490 e. The lowest BCUT2D eigenvalue weighted by atomic mass is 10.1. The normalized spacial score (nSPS) is 10.9. The molecule has 0 aliphatic heterocycles. The first-order valence-electron chi connectivity index (χ1n) is 5.90. The standard InChI is InChI=1S/C13H21FN2O/c1-16(2)9-4-10-17-13-11(7-8-15)5-3-6-12(13)14/h3,5-6H,4,7-10,15H2,1-2H3. The van der Waals surface area contributed by atoms with Crippen molar-refractivity contribution in [3.8, 4) is 5.75 Å². The van der Waals surface area contributed by atoms with Gasteiger partial charge in [-0.05, 0) is 45.1 Å². The molecule has 4 heteroatoms. The molecule has 0 aliphatic rings. The number of nitrogens with two attached hydrogens (primary N) is 1. The van der Waals surface area contributed by atoms with E-state index in [1.807, 2.05) is 20.2 Å². The summed E-state index contributed by atoms with van der Waals surface area (Å²) < 4.78 is 19.1. The third kappa shape index (κ3) is 4.71. The summed E-state index contributed by atoms with van der Waals surface area (Å²) in [5, 5.41) is 0. The maximum absolute atomic E-state index is 13.6. The van der Waals surface area contributed by atoms with Gasteiger partial charge in [0.25, 0.3) is 0 Å². The van der Waals surface area contributed by atoms with Crippen LogP contribution in [0.2, 0.25) is 0 Å². The third-order valence-electron chi connectivity index (χ3n) is 2.46. The Bertz CT molecular complexity index is 342. The SMILES string of the molecule is CN(C)CCCOc1c(F)cccc1CCN. The van der Waals surface area contributed by atoms with Gasteiger partial charge >= 0.3 is 0 Å². The lowest BCUT2D eigenvalue weighted by molar-refractivity contribution is 0.269. The quantitative estimate of drug-likeness (QED) is 0.737. The number of rotatable bonds is 7. The Kier molecular flexibility index (Phi) is 5.94. The van der Waals surface area contributed by atoms with Gasteiger partial charge in [-0.2, -0.15) is 0 Å². The molecule has 96 valence electrons. The predicted octanol–water partition coefficient (Wildman–Crippen LogP) is 1.66. The minimum absolute atomic E-state index is 0.305. The minimum atomic E-state index is -0.305. The highest BCUT2D eigenvalue weighted by Gasteiger charge is 2.08. The Labute approximate surface area is 102 Å². The van der Waals surface area contributed by atoms with Crippen molar-refractivity contribution in [2.45, 2.75) is 12.8 Å². The maximum atomic E-state index is 13.6. The van der Waals surface area contributed by atoms with Crippen LogP contribution < -0.4 is 10.5 Å². The maximum Gasteiger partial charge on any atom is 0.165 e. The van der Waals surface area contributed by atoms with Crippen LogP contribution in [0, 0.1) is 5.82 Å². The van der Waals surface area contributed by atoms with Crippen LogP contribution in [-0.4, -0.2) is 38.7 Å². The van der Waals surface area contributed by atoms with E-state index in [0.717, 1.165) is 18.5 Å². The number of hydrogen-bond acceptors (Lipinski definition) is 3. The van der Waals surface area contributed by atoms with E-state index in [1.54, 1.807) is 6.07 Å². The fourth-order valence-electron chi connectivity index (χ4n) is 1.62. The number of benzene rings is 1. The van der Waals surface area contributed by atoms with Crippen molar-refractivity contribution >= 4 is 0 Å². The van der Waals surface area contributed by atoms with Crippen LogP contribution in [0.4, 0.5) is 4.39 Å². The highest BCUT2D eigenvalue weighted by Crippen LogP contribution is 2.23. The molecule has 0 saturated heterocycles. The van der Waals surface area contributed by atoms with Crippen LogP contribution in [0.25, 0.3) is 0 Å². The highest BCUT2D eigenvalue weighted by atomic mass is 19.1. The van der Waals surface area contributed by atoms with Crippen molar-refractivity contribution in [2.24, 2.45) is 5.73 Å². The summed E-state index contributed by atoms with van der Waals surface area (Å²) in [7, 11) is 4.01. The molecule has 0 heterocycles. The second kappa shape index (κ2) is 7.25. The Morgan fingerprint density at radius 2 is 2.12 bits per heavy atom. The number of hydrogen-bond donors (Lipinski definition) is 1. The molecule has 2 N–H and O–H groups in total. The number of para-hydroxylation sites is 1. The monoisotopic (exact) mass is 240 g/mol. The van der Waals surface area contributed by atoms with Crippen molar-refractivity contribution in [1.82, 2.24) is 4.90 Å². The summed E-state index contributed by atoms with van der Waals surface area (Å²) in [6.45, 7) is 1.95. The first-order valence-corrected chi connectivity index (χ1v) is 5.90. The Morgan fingerprint density at radius 1 is 1.35 bits per heavy atom. The van der Waals surface area contributed by atoms with Crippen LogP contribution >= 0.6 is 0 Å². The van der Waals surface area contributed by atoms with Gasteiger partial charge in [-0.15, -0.1) is 0 Å². The molecule has 0 aliphatic carbocycles. The van der Waals surface area contributed by atoms with E-state index >= 15 is 0 Å². The van der Waals surface area contributed by atoms with E-state index < -0.39 is 0 Å². The summed E-state index contributed by atoms with van der Waals surface area (Å²) in [4.78, 5) is 2.07. The molecular formula is C13H21FN2O. The zero-order chi connectivity index (χ0) is 12.7. The molecule has 0 atom stereocenters. The first-order chi connectivity index (χ1) is 8.15. The molecule has 1 rings (SSSR count). The van der Waals surface area contributed by atoms with Crippen molar-refractivity contribution < 1.29 is 9.13 Å². The molecule has 0 saturated carbocycles. The van der Waals surface area contributed by atoms with Gasteiger partial charge in [-0.1, -0.05) is 12.1 Å². The minimum Gasteiger partial charge on any atom is -0.490 e. The van der Waals surface area contributed by atoms with Crippen LogP contribution in [0.1, 0.15) is 12.0 Å². The summed E-state index contributed by atoms with van der Waals surface area (Å²) in [6.07, 6.45) is 1.52. The van der Waals surface area contributed by atoms with Crippen molar-refractivity contribution in [1.29, 1.82) is 0 Å². The van der Waals surface area contributed by atoms with E-state index in [9.17, 15) is 4.39 Å². The average molecular weight is 240 g/mol. The molecule has 0 spiro atoms. The second-order valence-electron chi connectivity index (χ2n) is 4.27. The van der Waals surface area contributed by atoms with E-state index in [-0.39, 0.29) is 5.82 Å². The summed E-state index contributed by atoms with van der Waals surface area (Å²) in [5.74, 6) is 0.0532. The average Bonchev–Trinajstić information content (AvgIpc) is 2.27. The highest BCUT2D eigenvalue weighted by molar-refractivity contribution is 5.35. The fourth-order valence-corrected chi connectivity index (χ4v) is 1.62. The van der Waals surface area contributed by atoms with Gasteiger partial charge in [0.15, 0.2) is 11.6 Å². The predicted molar refractivity (Wildman–Crippen MR) is 67.8 cm³/mol. The third-order valence-corrected chi connectivity index (χ3v) is 2.46. The topological polar surface area (TPSA) is 38.5 Å². The molecule has 1 aromatic rings. The second-order valence-corrected chi connectivity index (χ2v) is 4.27. The molecule has 3 nitrogen and oxygen atoms in total. The van der Waals surface area contributed by atoms with Crippen LogP contribution in [0.15, 0.2) is 18.2 Å². The number of halogens is 1. The molecule has 0 aromatic heterocycles. The van der Waals surface area contributed by atoms with Gasteiger partial charge in [0, 0.05) is 6.54 Å². The molecular weight excluding hydrogens is 219 g/mol. The number of nitrogens with zero attached hydrogens (tertiary/aromatic N) is 1. The van der Waals surface area contributed by atoms with Crippen LogP contribution in [-0.2, 0) is 6.42 Å². The molecule has 0 amide bonds. The molecule has 1 aromatic carbocycles. The summed E-state index contributed by atoms with van der Waals surface area (Å²) in [5.41, 5.74) is 6.33. The molecule has 0 unspecified atom stereocenters. The lowest BCUT2D eigenvalue weighted by Gasteiger charge is -2.13. The zero-order valence-electron chi connectivity index (χ0n) is 10.6. The van der Waals surface area contributed by atoms with Gasteiger partial charge in [0.2, 0.25) is 0 Å². The van der Waals surface area contributed by atoms with Crippen molar-refractivity contribution in [2.75, 3.05) is 33.8 Å². The van der Waals surface area contributed by atoms with Gasteiger partial charge in [-0.25, -0.2) is 4.39 Å². The summed E-state index contributed by atoms with van der Waals surface area (Å²) in [6, 6.07) is 4.96. The smallest absolute Gasteiger partial charge is 0.165 e. The Hall–Kier alpha value is -1.13. The molecule has 17 heavy (non-hydrogen) atoms. The zero-order valence-corrected chi connectivity index (χ0v) is 10.6. The van der Waals surface area contributed by atoms with E-state index in [4.69, 9.17) is 10.5 Å². The van der Waals surface area contributed by atoms with Crippen LogP contribution in [0.5, 0.6) is 5.75 Å². The Morgan fingerprint density at radius 3 is 2.76 bits per heavy atom. The molecule has 0 radical (unpaired) electrons. The summed E-state index contributed by atoms with van der Waals surface area (Å²) >= 11 is 0.